The van der Waals surface area contributed by atoms with Gasteiger partial charge in [-0.2, -0.15) is 0 Å². The molecule has 6 heteroatoms. The molecule has 0 aliphatic carbocycles. The summed E-state index contributed by atoms with van der Waals surface area (Å²) in [7, 11) is 0. The van der Waals surface area contributed by atoms with Crippen LogP contribution in [0, 0.1) is 6.92 Å². The highest BCUT2D eigenvalue weighted by Crippen LogP contribution is 2.16. The van der Waals surface area contributed by atoms with E-state index in [0.717, 1.165) is 22.0 Å². The largest absolute Gasteiger partial charge is 0.484 e. The van der Waals surface area contributed by atoms with Gasteiger partial charge in [-0.25, -0.2) is 0 Å². The van der Waals surface area contributed by atoms with E-state index in [0.29, 0.717) is 12.3 Å². The number of carbonyl (C=O) groups excluding carboxylic acids is 2. The predicted molar refractivity (Wildman–Crippen MR) is 119 cm³/mol. The van der Waals surface area contributed by atoms with Crippen molar-refractivity contribution in [1.29, 1.82) is 0 Å². The quantitative estimate of drug-likeness (QED) is 0.600. The van der Waals surface area contributed by atoms with Crippen LogP contribution >= 0.6 is 15.9 Å². The molecule has 0 saturated carbocycles. The summed E-state index contributed by atoms with van der Waals surface area (Å²) in [4.78, 5) is 27.2. The molecule has 0 bridgehead atoms. The van der Waals surface area contributed by atoms with E-state index in [-0.39, 0.29) is 24.5 Å². The molecule has 2 unspecified atom stereocenters. The van der Waals surface area contributed by atoms with Crippen molar-refractivity contribution in [3.05, 3.63) is 64.1 Å². The van der Waals surface area contributed by atoms with Gasteiger partial charge in [0.15, 0.2) is 6.61 Å². The second-order valence-electron chi connectivity index (χ2n) is 7.24. The number of rotatable bonds is 9. The predicted octanol–water partition coefficient (Wildman–Crippen LogP) is 4.47. The zero-order chi connectivity index (χ0) is 21.4. The summed E-state index contributed by atoms with van der Waals surface area (Å²) in [5.74, 6) is 0.227. The number of benzene rings is 2. The Kier molecular flexibility index (Phi) is 8.70. The summed E-state index contributed by atoms with van der Waals surface area (Å²) in [5, 5.41) is 2.96. The van der Waals surface area contributed by atoms with Gasteiger partial charge in [0, 0.05) is 17.1 Å². The molecular formula is C23H29BrN2O3. The number of hydrogen-bond donors (Lipinski definition) is 1. The van der Waals surface area contributed by atoms with E-state index in [1.165, 1.54) is 0 Å². The first-order valence-corrected chi connectivity index (χ1v) is 10.6. The van der Waals surface area contributed by atoms with Gasteiger partial charge in [-0.15, -0.1) is 0 Å². The Morgan fingerprint density at radius 1 is 1.07 bits per heavy atom. The van der Waals surface area contributed by atoms with Crippen LogP contribution in [0.1, 0.15) is 38.3 Å². The van der Waals surface area contributed by atoms with Crippen molar-refractivity contribution in [3.8, 4) is 5.75 Å². The zero-order valence-electron chi connectivity index (χ0n) is 17.4. The Morgan fingerprint density at radius 2 is 1.69 bits per heavy atom. The second-order valence-corrected chi connectivity index (χ2v) is 8.16. The SMILES string of the molecule is CCC(C)NC(=O)C(C)N(Cc1ccc(Br)cc1)C(=O)COc1ccc(C)cc1. The molecule has 0 aliphatic rings. The fourth-order valence-corrected chi connectivity index (χ4v) is 2.96. The van der Waals surface area contributed by atoms with E-state index in [2.05, 4.69) is 21.2 Å². The fraction of sp³-hybridized carbons (Fsp3) is 0.391. The molecule has 29 heavy (non-hydrogen) atoms. The summed E-state index contributed by atoms with van der Waals surface area (Å²) < 4.78 is 6.62. The smallest absolute Gasteiger partial charge is 0.261 e. The normalized spacial score (nSPS) is 12.7. The van der Waals surface area contributed by atoms with E-state index in [4.69, 9.17) is 4.74 Å². The third-order valence-electron chi connectivity index (χ3n) is 4.82. The number of ether oxygens (including phenoxy) is 1. The molecule has 0 spiro atoms. The van der Waals surface area contributed by atoms with Gasteiger partial charge in [0.25, 0.3) is 5.91 Å². The second kappa shape index (κ2) is 11.0. The van der Waals surface area contributed by atoms with Crippen LogP contribution in [0.3, 0.4) is 0 Å². The van der Waals surface area contributed by atoms with Crippen molar-refractivity contribution in [2.45, 2.75) is 52.7 Å². The molecule has 1 N–H and O–H groups in total. The highest BCUT2D eigenvalue weighted by atomic mass is 79.9. The van der Waals surface area contributed by atoms with Crippen LogP contribution in [-0.4, -0.2) is 35.4 Å². The van der Waals surface area contributed by atoms with Gasteiger partial charge >= 0.3 is 0 Å². The summed E-state index contributed by atoms with van der Waals surface area (Å²) in [5.41, 5.74) is 2.07. The minimum atomic E-state index is -0.609. The first-order chi connectivity index (χ1) is 13.8. The van der Waals surface area contributed by atoms with Crippen molar-refractivity contribution in [2.24, 2.45) is 0 Å². The maximum atomic E-state index is 13.0. The molecule has 156 valence electrons. The number of amides is 2. The number of hydrogen-bond acceptors (Lipinski definition) is 3. The van der Waals surface area contributed by atoms with Gasteiger partial charge in [-0.05, 0) is 57.0 Å². The maximum absolute atomic E-state index is 13.0. The van der Waals surface area contributed by atoms with Crippen molar-refractivity contribution in [3.63, 3.8) is 0 Å². The molecule has 0 aliphatic heterocycles. The lowest BCUT2D eigenvalue weighted by Crippen LogP contribution is -2.50. The summed E-state index contributed by atoms with van der Waals surface area (Å²) in [6, 6.07) is 14.7. The number of nitrogens with zero attached hydrogens (tertiary/aromatic N) is 1. The molecule has 0 saturated heterocycles. The van der Waals surface area contributed by atoms with Crippen molar-refractivity contribution in [2.75, 3.05) is 6.61 Å². The minimum Gasteiger partial charge on any atom is -0.484 e. The average Bonchev–Trinajstić information content (AvgIpc) is 2.72. The van der Waals surface area contributed by atoms with Crippen molar-refractivity contribution >= 4 is 27.7 Å². The van der Waals surface area contributed by atoms with Crippen LogP contribution in [0.5, 0.6) is 5.75 Å². The fourth-order valence-electron chi connectivity index (χ4n) is 2.70. The molecule has 2 aromatic rings. The molecule has 0 radical (unpaired) electrons. The molecule has 2 rings (SSSR count). The number of carbonyl (C=O) groups is 2. The van der Waals surface area contributed by atoms with Gasteiger partial charge in [-0.1, -0.05) is 52.7 Å². The lowest BCUT2D eigenvalue weighted by molar-refractivity contribution is -0.142. The van der Waals surface area contributed by atoms with Gasteiger partial charge in [0.1, 0.15) is 11.8 Å². The maximum Gasteiger partial charge on any atom is 0.261 e. The Labute approximate surface area is 181 Å². The Morgan fingerprint density at radius 3 is 2.28 bits per heavy atom. The highest BCUT2D eigenvalue weighted by Gasteiger charge is 2.27. The Hall–Kier alpha value is -2.34. The third-order valence-corrected chi connectivity index (χ3v) is 5.35. The molecule has 5 nitrogen and oxygen atoms in total. The van der Waals surface area contributed by atoms with Crippen LogP contribution in [0.15, 0.2) is 53.0 Å². The summed E-state index contributed by atoms with van der Waals surface area (Å²) in [6.45, 7) is 7.91. The van der Waals surface area contributed by atoms with Crippen LogP contribution < -0.4 is 10.1 Å². The minimum absolute atomic E-state index is 0.0541. The molecule has 2 atom stereocenters. The van der Waals surface area contributed by atoms with Crippen LogP contribution in [-0.2, 0) is 16.1 Å². The van der Waals surface area contributed by atoms with Crippen molar-refractivity contribution in [1.82, 2.24) is 10.2 Å². The number of halogens is 1. The Bertz CT molecular complexity index is 806. The lowest BCUT2D eigenvalue weighted by atomic mass is 10.1. The summed E-state index contributed by atoms with van der Waals surface area (Å²) >= 11 is 3.42. The molecule has 2 amide bonds. The zero-order valence-corrected chi connectivity index (χ0v) is 19.0. The van der Waals surface area contributed by atoms with Crippen molar-refractivity contribution < 1.29 is 14.3 Å². The lowest BCUT2D eigenvalue weighted by Gasteiger charge is -2.29. The molecule has 0 fully saturated rings. The van der Waals surface area contributed by atoms with E-state index in [9.17, 15) is 9.59 Å². The van der Waals surface area contributed by atoms with Gasteiger partial charge < -0.3 is 15.0 Å². The standard InChI is InChI=1S/C23H29BrN2O3/c1-5-17(3)25-23(28)18(4)26(14-19-8-10-20(24)11-9-19)22(27)15-29-21-12-6-16(2)7-13-21/h6-13,17-18H,5,14-15H2,1-4H3,(H,25,28). The molecule has 0 heterocycles. The molecule has 2 aromatic carbocycles. The Balaban J connectivity index is 2.13. The first-order valence-electron chi connectivity index (χ1n) is 9.84. The monoisotopic (exact) mass is 460 g/mol. The van der Waals surface area contributed by atoms with Gasteiger partial charge in [0.2, 0.25) is 5.91 Å². The van der Waals surface area contributed by atoms with Gasteiger partial charge in [0.05, 0.1) is 0 Å². The highest BCUT2D eigenvalue weighted by molar-refractivity contribution is 9.10. The number of nitrogens with one attached hydrogen (secondary N) is 1. The van der Waals surface area contributed by atoms with E-state index in [1.54, 1.807) is 11.8 Å². The van der Waals surface area contributed by atoms with Crippen LogP contribution in [0.25, 0.3) is 0 Å². The van der Waals surface area contributed by atoms with E-state index >= 15 is 0 Å². The first kappa shape index (κ1) is 22.9. The van der Waals surface area contributed by atoms with Crippen LogP contribution in [0.2, 0.25) is 0 Å². The molecule has 0 aromatic heterocycles. The molecular weight excluding hydrogens is 432 g/mol. The third kappa shape index (κ3) is 7.20. The number of aryl methyl sites for hydroxylation is 1. The van der Waals surface area contributed by atoms with E-state index in [1.807, 2.05) is 69.3 Å². The topological polar surface area (TPSA) is 58.6 Å². The average molecular weight is 461 g/mol. The summed E-state index contributed by atoms with van der Waals surface area (Å²) in [6.07, 6.45) is 0.829. The van der Waals surface area contributed by atoms with Gasteiger partial charge in [-0.3, -0.25) is 9.59 Å². The van der Waals surface area contributed by atoms with Crippen LogP contribution in [0.4, 0.5) is 0 Å². The van der Waals surface area contributed by atoms with E-state index < -0.39 is 6.04 Å².